The molecule has 1 aliphatic carbocycles. The smallest absolute Gasteiger partial charge is 0.0694 e. The molecule has 0 unspecified atom stereocenters. The quantitative estimate of drug-likeness (QED) is 0.881. The molecule has 1 aromatic carbocycles. The van der Waals surface area contributed by atoms with E-state index < -0.39 is 0 Å². The van der Waals surface area contributed by atoms with Crippen LogP contribution in [0.1, 0.15) is 42.7 Å². The van der Waals surface area contributed by atoms with Crippen LogP contribution < -0.4 is 5.32 Å². The van der Waals surface area contributed by atoms with E-state index in [2.05, 4.69) is 35.7 Å². The standard InChI is InChI=1S/C16H20N2/c17-12-16(7-9-18-10-8-16)11-13-1-3-14(4-2-13)15-5-6-15/h1-4,15,18H,5-11H2. The Balaban J connectivity index is 1.72. The van der Waals surface area contributed by atoms with Gasteiger partial charge in [-0.3, -0.25) is 0 Å². The Labute approximate surface area is 109 Å². The van der Waals surface area contributed by atoms with Gasteiger partial charge in [-0.05, 0) is 62.2 Å². The molecule has 3 rings (SSSR count). The van der Waals surface area contributed by atoms with Crippen LogP contribution in [0.4, 0.5) is 0 Å². The van der Waals surface area contributed by atoms with E-state index in [0.29, 0.717) is 0 Å². The summed E-state index contributed by atoms with van der Waals surface area (Å²) >= 11 is 0. The van der Waals surface area contributed by atoms with E-state index in [1.165, 1.54) is 24.0 Å². The van der Waals surface area contributed by atoms with Crippen molar-refractivity contribution >= 4 is 0 Å². The van der Waals surface area contributed by atoms with Crippen LogP contribution in [0, 0.1) is 16.7 Å². The molecule has 1 heterocycles. The van der Waals surface area contributed by atoms with Gasteiger partial charge in [0, 0.05) is 0 Å². The van der Waals surface area contributed by atoms with E-state index >= 15 is 0 Å². The zero-order chi connectivity index (χ0) is 12.4. The second-order valence-corrected chi connectivity index (χ2v) is 5.83. The molecule has 1 saturated carbocycles. The third-order valence-electron chi connectivity index (χ3n) is 4.37. The SMILES string of the molecule is N#CC1(Cc2ccc(C3CC3)cc2)CCNCC1. The van der Waals surface area contributed by atoms with Crippen LogP contribution in [-0.4, -0.2) is 13.1 Å². The van der Waals surface area contributed by atoms with Crippen molar-refractivity contribution in [1.29, 1.82) is 5.26 Å². The molecule has 1 saturated heterocycles. The molecule has 0 spiro atoms. The minimum atomic E-state index is -0.133. The van der Waals surface area contributed by atoms with E-state index in [-0.39, 0.29) is 5.41 Å². The van der Waals surface area contributed by atoms with Crippen molar-refractivity contribution in [2.75, 3.05) is 13.1 Å². The highest BCUT2D eigenvalue weighted by Gasteiger charge is 2.32. The largest absolute Gasteiger partial charge is 0.317 e. The number of rotatable bonds is 3. The van der Waals surface area contributed by atoms with E-state index in [1.807, 2.05) is 0 Å². The molecular weight excluding hydrogens is 220 g/mol. The van der Waals surface area contributed by atoms with Crippen LogP contribution in [-0.2, 0) is 6.42 Å². The summed E-state index contributed by atoms with van der Waals surface area (Å²) in [6.45, 7) is 1.96. The fourth-order valence-electron chi connectivity index (χ4n) is 2.95. The predicted molar refractivity (Wildman–Crippen MR) is 72.3 cm³/mol. The number of nitriles is 1. The van der Waals surface area contributed by atoms with Crippen LogP contribution in [0.2, 0.25) is 0 Å². The molecule has 2 heteroatoms. The average Bonchev–Trinajstić information content (AvgIpc) is 3.25. The summed E-state index contributed by atoms with van der Waals surface area (Å²) in [6.07, 6.45) is 5.58. The molecule has 18 heavy (non-hydrogen) atoms. The fourth-order valence-corrected chi connectivity index (χ4v) is 2.95. The minimum Gasteiger partial charge on any atom is -0.317 e. The first-order valence-electron chi connectivity index (χ1n) is 7.02. The Morgan fingerprint density at radius 3 is 2.39 bits per heavy atom. The van der Waals surface area contributed by atoms with E-state index in [4.69, 9.17) is 0 Å². The molecular formula is C16H20N2. The second kappa shape index (κ2) is 4.74. The molecule has 1 aromatic rings. The van der Waals surface area contributed by atoms with Crippen molar-refractivity contribution in [2.24, 2.45) is 5.41 Å². The van der Waals surface area contributed by atoms with Crippen LogP contribution >= 0.6 is 0 Å². The fraction of sp³-hybridized carbons (Fsp3) is 0.562. The lowest BCUT2D eigenvalue weighted by atomic mass is 9.75. The van der Waals surface area contributed by atoms with Crippen molar-refractivity contribution in [3.8, 4) is 6.07 Å². The van der Waals surface area contributed by atoms with Crippen molar-refractivity contribution in [1.82, 2.24) is 5.32 Å². The molecule has 2 fully saturated rings. The van der Waals surface area contributed by atoms with Crippen LogP contribution in [0.3, 0.4) is 0 Å². The Hall–Kier alpha value is -1.33. The maximum atomic E-state index is 9.48. The van der Waals surface area contributed by atoms with E-state index in [9.17, 15) is 5.26 Å². The number of nitrogens with one attached hydrogen (secondary N) is 1. The van der Waals surface area contributed by atoms with Gasteiger partial charge in [0.2, 0.25) is 0 Å². The van der Waals surface area contributed by atoms with Gasteiger partial charge in [0.25, 0.3) is 0 Å². The molecule has 1 N–H and O–H groups in total. The maximum Gasteiger partial charge on any atom is 0.0694 e. The van der Waals surface area contributed by atoms with Crippen LogP contribution in [0.5, 0.6) is 0 Å². The zero-order valence-electron chi connectivity index (χ0n) is 10.8. The molecule has 1 aliphatic heterocycles. The Morgan fingerprint density at radius 1 is 1.17 bits per heavy atom. The van der Waals surface area contributed by atoms with Crippen molar-refractivity contribution in [2.45, 2.75) is 38.0 Å². The molecule has 0 atom stereocenters. The second-order valence-electron chi connectivity index (χ2n) is 5.83. The Kier molecular flexibility index (Phi) is 3.09. The van der Waals surface area contributed by atoms with Crippen LogP contribution in [0.15, 0.2) is 24.3 Å². The van der Waals surface area contributed by atoms with Gasteiger partial charge in [-0.2, -0.15) is 5.26 Å². The maximum absolute atomic E-state index is 9.48. The lowest BCUT2D eigenvalue weighted by Crippen LogP contribution is -2.37. The molecule has 0 bridgehead atoms. The monoisotopic (exact) mass is 240 g/mol. The first-order valence-corrected chi connectivity index (χ1v) is 7.02. The Bertz CT molecular complexity index is 445. The van der Waals surface area contributed by atoms with E-state index in [1.54, 1.807) is 0 Å². The lowest BCUT2D eigenvalue weighted by molar-refractivity contribution is 0.280. The highest BCUT2D eigenvalue weighted by molar-refractivity contribution is 5.29. The third kappa shape index (κ3) is 2.42. The van der Waals surface area contributed by atoms with Gasteiger partial charge in [0.15, 0.2) is 0 Å². The minimum absolute atomic E-state index is 0.133. The van der Waals surface area contributed by atoms with E-state index in [0.717, 1.165) is 38.3 Å². The topological polar surface area (TPSA) is 35.8 Å². The summed E-state index contributed by atoms with van der Waals surface area (Å²) in [5, 5.41) is 12.8. The van der Waals surface area contributed by atoms with Gasteiger partial charge in [-0.15, -0.1) is 0 Å². The van der Waals surface area contributed by atoms with Gasteiger partial charge < -0.3 is 5.32 Å². The molecule has 0 radical (unpaired) electrons. The summed E-state index contributed by atoms with van der Waals surface area (Å²) in [7, 11) is 0. The van der Waals surface area contributed by atoms with Crippen molar-refractivity contribution in [3.05, 3.63) is 35.4 Å². The Morgan fingerprint density at radius 2 is 1.83 bits per heavy atom. The molecule has 2 nitrogen and oxygen atoms in total. The summed E-state index contributed by atoms with van der Waals surface area (Å²) in [5.74, 6) is 0.822. The average molecular weight is 240 g/mol. The van der Waals surface area contributed by atoms with Gasteiger partial charge in [-0.1, -0.05) is 24.3 Å². The highest BCUT2D eigenvalue weighted by atomic mass is 14.9. The van der Waals surface area contributed by atoms with Gasteiger partial charge in [-0.25, -0.2) is 0 Å². The first kappa shape index (κ1) is 11.7. The number of hydrogen-bond acceptors (Lipinski definition) is 2. The molecule has 0 amide bonds. The lowest BCUT2D eigenvalue weighted by Gasteiger charge is -2.31. The number of benzene rings is 1. The van der Waals surface area contributed by atoms with Crippen LogP contribution in [0.25, 0.3) is 0 Å². The highest BCUT2D eigenvalue weighted by Crippen LogP contribution is 2.40. The molecule has 0 aromatic heterocycles. The van der Waals surface area contributed by atoms with Crippen molar-refractivity contribution < 1.29 is 0 Å². The van der Waals surface area contributed by atoms with Gasteiger partial charge >= 0.3 is 0 Å². The molecule has 2 aliphatic rings. The third-order valence-corrected chi connectivity index (χ3v) is 4.37. The van der Waals surface area contributed by atoms with Crippen molar-refractivity contribution in [3.63, 3.8) is 0 Å². The zero-order valence-corrected chi connectivity index (χ0v) is 10.8. The number of piperidine rings is 1. The summed E-state index contributed by atoms with van der Waals surface area (Å²) < 4.78 is 0. The molecule has 94 valence electrons. The first-order chi connectivity index (χ1) is 8.81. The predicted octanol–water partition coefficient (Wildman–Crippen LogP) is 3.00. The number of nitrogens with zero attached hydrogens (tertiary/aromatic N) is 1. The van der Waals surface area contributed by atoms with Gasteiger partial charge in [0.05, 0.1) is 11.5 Å². The summed E-state index contributed by atoms with van der Waals surface area (Å²) in [6, 6.07) is 11.6. The number of hydrogen-bond donors (Lipinski definition) is 1. The summed E-state index contributed by atoms with van der Waals surface area (Å²) in [5.41, 5.74) is 2.67. The summed E-state index contributed by atoms with van der Waals surface area (Å²) in [4.78, 5) is 0. The van der Waals surface area contributed by atoms with Gasteiger partial charge in [0.1, 0.15) is 0 Å². The normalized spacial score (nSPS) is 22.4.